The largest absolute Gasteiger partial charge is 0.494 e. The molecule has 172 valence electrons. The first-order chi connectivity index (χ1) is 15.2. The van der Waals surface area contributed by atoms with Crippen molar-refractivity contribution in [2.24, 2.45) is 5.41 Å². The zero-order chi connectivity index (χ0) is 23.0. The van der Waals surface area contributed by atoms with Crippen LogP contribution in [0.4, 0.5) is 0 Å². The number of carbonyl (C=O) groups is 2. The van der Waals surface area contributed by atoms with Gasteiger partial charge in [0.25, 0.3) is 11.5 Å². The monoisotopic (exact) mass is 443 g/mol. The molecule has 0 aromatic carbocycles. The number of aromatic hydroxyl groups is 1. The van der Waals surface area contributed by atoms with Crippen LogP contribution >= 0.6 is 0 Å². The number of aromatic nitrogens is 3. The third-order valence-corrected chi connectivity index (χ3v) is 5.41. The van der Waals surface area contributed by atoms with E-state index in [1.165, 1.54) is 16.8 Å². The number of rotatable bonds is 5. The molecule has 1 saturated carbocycles. The van der Waals surface area contributed by atoms with Crippen molar-refractivity contribution in [1.82, 2.24) is 24.4 Å². The molecule has 1 aliphatic carbocycles. The number of ether oxygens (including phenoxy) is 1. The predicted molar refractivity (Wildman–Crippen MR) is 117 cm³/mol. The Balaban J connectivity index is 1.78. The normalized spacial score (nSPS) is 17.3. The molecular weight excluding hydrogens is 414 g/mol. The molecule has 10 heteroatoms. The first-order valence-corrected chi connectivity index (χ1v) is 10.8. The van der Waals surface area contributed by atoms with Crippen molar-refractivity contribution in [1.29, 1.82) is 0 Å². The summed E-state index contributed by atoms with van der Waals surface area (Å²) in [4.78, 5) is 40.0. The van der Waals surface area contributed by atoms with E-state index in [1.54, 1.807) is 11.0 Å². The number of hydrogen-bond acceptors (Lipinski definition) is 6. The van der Waals surface area contributed by atoms with Crippen LogP contribution in [0.2, 0.25) is 0 Å². The maximum absolute atomic E-state index is 13.1. The molecule has 10 nitrogen and oxygen atoms in total. The minimum Gasteiger partial charge on any atom is -0.494 e. The summed E-state index contributed by atoms with van der Waals surface area (Å²) < 4.78 is 7.92. The SMILES string of the molecule is CC(C)(C)Cn1c(O)c(C(=O)NC2CC2)c(=O)n2ncc(C=CC(=O)N3CCOCC3)c12. The zero-order valence-corrected chi connectivity index (χ0v) is 18.6. The predicted octanol–water partition coefficient (Wildman–Crippen LogP) is 1.01. The summed E-state index contributed by atoms with van der Waals surface area (Å²) in [5.41, 5.74) is -0.461. The lowest BCUT2D eigenvalue weighted by molar-refractivity contribution is -0.129. The van der Waals surface area contributed by atoms with Crippen molar-refractivity contribution in [3.8, 4) is 5.88 Å². The van der Waals surface area contributed by atoms with Gasteiger partial charge in [0.2, 0.25) is 11.8 Å². The average Bonchev–Trinajstić information content (AvgIpc) is 3.44. The molecule has 2 aromatic rings. The quantitative estimate of drug-likeness (QED) is 0.666. The molecule has 2 fully saturated rings. The molecule has 3 heterocycles. The maximum Gasteiger partial charge on any atom is 0.291 e. The summed E-state index contributed by atoms with van der Waals surface area (Å²) in [6.07, 6.45) is 6.19. The Hall–Kier alpha value is -3.14. The van der Waals surface area contributed by atoms with Gasteiger partial charge in [-0.3, -0.25) is 19.0 Å². The van der Waals surface area contributed by atoms with Gasteiger partial charge in [-0.05, 0) is 24.3 Å². The molecule has 2 N–H and O–H groups in total. The summed E-state index contributed by atoms with van der Waals surface area (Å²) in [6, 6.07) is 0.0374. The van der Waals surface area contributed by atoms with Gasteiger partial charge in [-0.15, -0.1) is 0 Å². The van der Waals surface area contributed by atoms with E-state index in [2.05, 4.69) is 10.4 Å². The van der Waals surface area contributed by atoms with Gasteiger partial charge < -0.3 is 20.1 Å². The highest BCUT2D eigenvalue weighted by atomic mass is 16.5. The topological polar surface area (TPSA) is 118 Å². The van der Waals surface area contributed by atoms with Crippen molar-refractivity contribution in [2.45, 2.75) is 46.2 Å². The lowest BCUT2D eigenvalue weighted by Gasteiger charge is -2.25. The van der Waals surface area contributed by atoms with Crippen LogP contribution in [0.1, 0.15) is 49.5 Å². The van der Waals surface area contributed by atoms with E-state index in [4.69, 9.17) is 4.74 Å². The van der Waals surface area contributed by atoms with Gasteiger partial charge in [0.1, 0.15) is 5.65 Å². The highest BCUT2D eigenvalue weighted by Gasteiger charge is 2.30. The van der Waals surface area contributed by atoms with Crippen LogP contribution < -0.4 is 10.9 Å². The van der Waals surface area contributed by atoms with Gasteiger partial charge >= 0.3 is 0 Å². The standard InChI is InChI=1S/C22H29N5O5/c1-22(2,3)13-26-19-14(4-7-16(28)25-8-10-32-11-9-25)12-23-27(19)21(31)17(20(26)30)18(29)24-15-5-6-15/h4,7,12,15,30H,5-6,8-11,13H2,1-3H3,(H,24,29). The molecule has 0 bridgehead atoms. The van der Waals surface area contributed by atoms with Crippen molar-refractivity contribution in [2.75, 3.05) is 26.3 Å². The van der Waals surface area contributed by atoms with Crippen molar-refractivity contribution in [3.05, 3.63) is 33.8 Å². The molecule has 2 amide bonds. The van der Waals surface area contributed by atoms with Crippen LogP contribution in [0.25, 0.3) is 11.7 Å². The van der Waals surface area contributed by atoms with Gasteiger partial charge in [-0.25, -0.2) is 0 Å². The number of amides is 2. The van der Waals surface area contributed by atoms with Gasteiger partial charge in [0.05, 0.1) is 19.4 Å². The van der Waals surface area contributed by atoms with Gasteiger partial charge in [-0.2, -0.15) is 9.61 Å². The van der Waals surface area contributed by atoms with Crippen molar-refractivity contribution >= 4 is 23.5 Å². The van der Waals surface area contributed by atoms with Crippen LogP contribution in [0.15, 0.2) is 17.1 Å². The molecule has 0 unspecified atom stereocenters. The molecule has 0 atom stereocenters. The first-order valence-electron chi connectivity index (χ1n) is 10.8. The van der Waals surface area contributed by atoms with Crippen LogP contribution in [-0.2, 0) is 16.1 Å². The van der Waals surface area contributed by atoms with Gasteiger partial charge in [-0.1, -0.05) is 20.8 Å². The fourth-order valence-electron chi connectivity index (χ4n) is 3.69. The Labute approximate surface area is 185 Å². The fraction of sp³-hybridized carbons (Fsp3) is 0.545. The van der Waals surface area contributed by atoms with E-state index in [0.29, 0.717) is 44.1 Å². The Morgan fingerprint density at radius 1 is 1.28 bits per heavy atom. The minimum atomic E-state index is -0.694. The van der Waals surface area contributed by atoms with Crippen LogP contribution in [0.5, 0.6) is 5.88 Å². The lowest BCUT2D eigenvalue weighted by atomic mass is 9.96. The molecule has 1 aliphatic heterocycles. The highest BCUT2D eigenvalue weighted by molar-refractivity contribution is 5.97. The van der Waals surface area contributed by atoms with E-state index >= 15 is 0 Å². The van der Waals surface area contributed by atoms with E-state index in [-0.39, 0.29) is 22.9 Å². The summed E-state index contributed by atoms with van der Waals surface area (Å²) in [5.74, 6) is -1.16. The number of hydrogen-bond donors (Lipinski definition) is 2. The molecule has 0 radical (unpaired) electrons. The number of fused-ring (bicyclic) bond motifs is 1. The number of carbonyl (C=O) groups excluding carboxylic acids is 2. The van der Waals surface area contributed by atoms with Crippen LogP contribution in [-0.4, -0.2) is 68.3 Å². The maximum atomic E-state index is 13.1. The summed E-state index contributed by atoms with van der Waals surface area (Å²) in [7, 11) is 0. The third kappa shape index (κ3) is 4.55. The summed E-state index contributed by atoms with van der Waals surface area (Å²) in [6.45, 7) is 8.33. The van der Waals surface area contributed by atoms with Gasteiger partial charge in [0.15, 0.2) is 5.56 Å². The molecule has 2 aromatic heterocycles. The lowest BCUT2D eigenvalue weighted by Crippen LogP contribution is -2.39. The van der Waals surface area contributed by atoms with Gasteiger partial charge in [0, 0.05) is 37.3 Å². The van der Waals surface area contributed by atoms with E-state index in [0.717, 1.165) is 17.4 Å². The van der Waals surface area contributed by atoms with E-state index in [9.17, 15) is 19.5 Å². The number of morpholine rings is 1. The third-order valence-electron chi connectivity index (χ3n) is 5.41. The molecule has 2 aliphatic rings. The van der Waals surface area contributed by atoms with Crippen molar-refractivity contribution in [3.63, 3.8) is 0 Å². The molecule has 1 saturated heterocycles. The second-order valence-corrected chi connectivity index (χ2v) is 9.50. The van der Waals surface area contributed by atoms with Crippen LogP contribution in [0.3, 0.4) is 0 Å². The first kappa shape index (κ1) is 22.1. The number of nitrogens with one attached hydrogen (secondary N) is 1. The second-order valence-electron chi connectivity index (χ2n) is 9.50. The van der Waals surface area contributed by atoms with E-state index < -0.39 is 17.3 Å². The molecular formula is C22H29N5O5. The second kappa shape index (κ2) is 8.42. The Bertz CT molecular complexity index is 1130. The smallest absolute Gasteiger partial charge is 0.291 e. The highest BCUT2D eigenvalue weighted by Crippen LogP contribution is 2.27. The minimum absolute atomic E-state index is 0.0374. The Morgan fingerprint density at radius 2 is 1.97 bits per heavy atom. The summed E-state index contributed by atoms with van der Waals surface area (Å²) >= 11 is 0. The van der Waals surface area contributed by atoms with Crippen molar-refractivity contribution < 1.29 is 19.4 Å². The zero-order valence-electron chi connectivity index (χ0n) is 18.6. The average molecular weight is 444 g/mol. The molecule has 4 rings (SSSR count). The van der Waals surface area contributed by atoms with Crippen LogP contribution in [0, 0.1) is 5.41 Å². The Kier molecular flexibility index (Phi) is 5.81. The Morgan fingerprint density at radius 3 is 2.59 bits per heavy atom. The molecule has 32 heavy (non-hydrogen) atoms. The summed E-state index contributed by atoms with van der Waals surface area (Å²) in [5, 5.41) is 17.9. The number of nitrogens with zero attached hydrogens (tertiary/aromatic N) is 4. The fourth-order valence-corrected chi connectivity index (χ4v) is 3.69. The van der Waals surface area contributed by atoms with E-state index in [1.807, 2.05) is 20.8 Å². The molecule has 0 spiro atoms.